The highest BCUT2D eigenvalue weighted by Crippen LogP contribution is 2.23. The zero-order valence-electron chi connectivity index (χ0n) is 6.96. The Bertz CT molecular complexity index is 102. The van der Waals surface area contributed by atoms with Crippen molar-refractivity contribution in [3.8, 4) is 0 Å². The van der Waals surface area contributed by atoms with Crippen LogP contribution < -0.4 is 0 Å². The van der Waals surface area contributed by atoms with Crippen molar-refractivity contribution >= 4 is 8.03 Å². The summed E-state index contributed by atoms with van der Waals surface area (Å²) < 4.78 is 15.9. The monoisotopic (exact) mass is 163 g/mol. The molecule has 0 aliphatic carbocycles. The molecule has 2 nitrogen and oxygen atoms in total. The van der Waals surface area contributed by atoms with Crippen molar-refractivity contribution in [2.45, 2.75) is 27.2 Å². The van der Waals surface area contributed by atoms with Crippen LogP contribution in [-0.2, 0) is 9.09 Å². The maximum Gasteiger partial charge on any atom is 0.508 e. The highest BCUT2D eigenvalue weighted by molar-refractivity contribution is 7.39. The smallest absolute Gasteiger partial charge is 0.146 e. The van der Waals surface area contributed by atoms with Crippen LogP contribution in [-0.4, -0.2) is 12.8 Å². The second kappa shape index (κ2) is 5.82. The van der Waals surface area contributed by atoms with Gasteiger partial charge in [-0.3, -0.25) is 0 Å². The van der Waals surface area contributed by atoms with Gasteiger partial charge in [0, 0.05) is 0 Å². The summed E-state index contributed by atoms with van der Waals surface area (Å²) in [5.74, 6) is 0.482. The SMILES string of the molecule is CCC[P+](=O)OCC(C)C. The Balaban J connectivity index is 3.22. The van der Waals surface area contributed by atoms with Crippen LogP contribution in [0.5, 0.6) is 0 Å². The lowest BCUT2D eigenvalue weighted by molar-refractivity contribution is 0.283. The minimum atomic E-state index is -1.36. The molecular weight excluding hydrogens is 147 g/mol. The molecule has 0 aromatic heterocycles. The summed E-state index contributed by atoms with van der Waals surface area (Å²) in [4.78, 5) is 0. The van der Waals surface area contributed by atoms with Crippen LogP contribution >= 0.6 is 8.03 Å². The van der Waals surface area contributed by atoms with E-state index in [1.165, 1.54) is 0 Å². The van der Waals surface area contributed by atoms with Gasteiger partial charge in [-0.05, 0) is 16.9 Å². The first-order chi connectivity index (χ1) is 4.66. The second-order valence-corrected chi connectivity index (χ2v) is 4.12. The van der Waals surface area contributed by atoms with E-state index in [2.05, 4.69) is 13.8 Å². The van der Waals surface area contributed by atoms with Crippen molar-refractivity contribution in [2.75, 3.05) is 12.8 Å². The summed E-state index contributed by atoms with van der Waals surface area (Å²) in [7, 11) is -1.36. The summed E-state index contributed by atoms with van der Waals surface area (Å²) in [5.41, 5.74) is 0. The minimum Gasteiger partial charge on any atom is -0.146 e. The molecule has 0 aromatic carbocycles. The maximum atomic E-state index is 10.9. The second-order valence-electron chi connectivity index (χ2n) is 2.75. The molecule has 0 radical (unpaired) electrons. The van der Waals surface area contributed by atoms with E-state index in [4.69, 9.17) is 4.52 Å². The van der Waals surface area contributed by atoms with Crippen molar-refractivity contribution in [2.24, 2.45) is 5.92 Å². The molecule has 60 valence electrons. The summed E-state index contributed by atoms with van der Waals surface area (Å²) in [6.07, 6.45) is 1.63. The first-order valence-corrected chi connectivity index (χ1v) is 5.10. The van der Waals surface area contributed by atoms with Crippen molar-refractivity contribution in [3.05, 3.63) is 0 Å². The average molecular weight is 163 g/mol. The topological polar surface area (TPSA) is 26.3 Å². The molecule has 10 heavy (non-hydrogen) atoms. The van der Waals surface area contributed by atoms with Crippen molar-refractivity contribution in [1.82, 2.24) is 0 Å². The summed E-state index contributed by atoms with van der Waals surface area (Å²) >= 11 is 0. The summed E-state index contributed by atoms with van der Waals surface area (Å²) in [5, 5.41) is 0. The molecule has 0 saturated carbocycles. The average Bonchev–Trinajstić information content (AvgIpc) is 1.85. The van der Waals surface area contributed by atoms with E-state index < -0.39 is 8.03 Å². The Labute approximate surface area is 63.8 Å². The molecule has 0 bridgehead atoms. The number of hydrogen-bond donors (Lipinski definition) is 0. The predicted octanol–water partition coefficient (Wildman–Crippen LogP) is 2.81. The Hall–Kier alpha value is 0.0600. The van der Waals surface area contributed by atoms with Gasteiger partial charge in [0.2, 0.25) is 0 Å². The third kappa shape index (κ3) is 6.18. The van der Waals surface area contributed by atoms with Gasteiger partial charge in [-0.15, -0.1) is 4.52 Å². The molecule has 0 aliphatic heterocycles. The maximum absolute atomic E-state index is 10.9. The first-order valence-electron chi connectivity index (χ1n) is 3.74. The van der Waals surface area contributed by atoms with E-state index in [9.17, 15) is 4.57 Å². The lowest BCUT2D eigenvalue weighted by Gasteiger charge is -1.94. The van der Waals surface area contributed by atoms with Crippen LogP contribution in [0.4, 0.5) is 0 Å². The fourth-order valence-electron chi connectivity index (χ4n) is 0.479. The van der Waals surface area contributed by atoms with E-state index in [0.29, 0.717) is 18.7 Å². The largest absolute Gasteiger partial charge is 0.508 e. The van der Waals surface area contributed by atoms with Crippen LogP contribution in [0, 0.1) is 5.92 Å². The zero-order valence-corrected chi connectivity index (χ0v) is 7.86. The van der Waals surface area contributed by atoms with Gasteiger partial charge in [-0.2, -0.15) is 0 Å². The lowest BCUT2D eigenvalue weighted by Crippen LogP contribution is -1.96. The van der Waals surface area contributed by atoms with E-state index in [-0.39, 0.29) is 0 Å². The molecule has 0 amide bonds. The van der Waals surface area contributed by atoms with Crippen LogP contribution in [0.25, 0.3) is 0 Å². The molecule has 0 rings (SSSR count). The van der Waals surface area contributed by atoms with E-state index in [0.717, 1.165) is 6.42 Å². The third-order valence-electron chi connectivity index (χ3n) is 0.958. The van der Waals surface area contributed by atoms with Crippen LogP contribution in [0.1, 0.15) is 27.2 Å². The molecular formula is C7H16O2P+. The first kappa shape index (κ1) is 10.1. The number of hydrogen-bond acceptors (Lipinski definition) is 2. The van der Waals surface area contributed by atoms with Gasteiger partial charge in [0.1, 0.15) is 6.61 Å². The highest BCUT2D eigenvalue weighted by atomic mass is 31.1. The number of rotatable bonds is 5. The lowest BCUT2D eigenvalue weighted by atomic mass is 10.2. The normalized spacial score (nSPS) is 12.2. The summed E-state index contributed by atoms with van der Waals surface area (Å²) in [6.45, 7) is 6.73. The standard InChI is InChI=1S/C7H16O2P/c1-4-5-10(8)9-6-7(2)3/h7H,4-6H2,1-3H3/q+1. The van der Waals surface area contributed by atoms with Gasteiger partial charge in [0.05, 0.1) is 0 Å². The highest BCUT2D eigenvalue weighted by Gasteiger charge is 2.15. The third-order valence-corrected chi connectivity index (χ3v) is 2.21. The van der Waals surface area contributed by atoms with Gasteiger partial charge < -0.3 is 0 Å². The quantitative estimate of drug-likeness (QED) is 0.582. The Morgan fingerprint density at radius 1 is 1.50 bits per heavy atom. The van der Waals surface area contributed by atoms with E-state index in [1.807, 2.05) is 6.92 Å². The van der Waals surface area contributed by atoms with E-state index in [1.54, 1.807) is 0 Å². The molecule has 0 fully saturated rings. The van der Waals surface area contributed by atoms with Crippen molar-refractivity contribution in [3.63, 3.8) is 0 Å². The molecule has 0 aromatic rings. The Morgan fingerprint density at radius 3 is 2.50 bits per heavy atom. The molecule has 3 heteroatoms. The summed E-state index contributed by atoms with van der Waals surface area (Å²) in [6, 6.07) is 0. The Morgan fingerprint density at radius 2 is 2.10 bits per heavy atom. The van der Waals surface area contributed by atoms with Gasteiger partial charge in [-0.25, -0.2) is 0 Å². The van der Waals surface area contributed by atoms with Gasteiger partial charge in [0.25, 0.3) is 0 Å². The zero-order chi connectivity index (χ0) is 7.98. The fraction of sp³-hybridized carbons (Fsp3) is 1.00. The molecule has 0 aliphatic rings. The molecule has 0 heterocycles. The Kier molecular flexibility index (Phi) is 5.85. The minimum absolute atomic E-state index is 0.482. The predicted molar refractivity (Wildman–Crippen MR) is 43.6 cm³/mol. The molecule has 1 unspecified atom stereocenters. The van der Waals surface area contributed by atoms with Crippen molar-refractivity contribution < 1.29 is 9.09 Å². The van der Waals surface area contributed by atoms with E-state index >= 15 is 0 Å². The molecule has 1 atom stereocenters. The van der Waals surface area contributed by atoms with Gasteiger partial charge >= 0.3 is 8.03 Å². The van der Waals surface area contributed by atoms with Gasteiger partial charge in [-0.1, -0.05) is 20.8 Å². The molecule has 0 spiro atoms. The van der Waals surface area contributed by atoms with Crippen molar-refractivity contribution in [1.29, 1.82) is 0 Å². The van der Waals surface area contributed by atoms with Crippen LogP contribution in [0.2, 0.25) is 0 Å². The molecule has 0 saturated heterocycles. The van der Waals surface area contributed by atoms with Crippen LogP contribution in [0.3, 0.4) is 0 Å². The van der Waals surface area contributed by atoms with Crippen LogP contribution in [0.15, 0.2) is 0 Å². The molecule has 0 N–H and O–H groups in total. The van der Waals surface area contributed by atoms with Gasteiger partial charge in [0.15, 0.2) is 6.16 Å². The fourth-order valence-corrected chi connectivity index (χ4v) is 1.44.